The van der Waals surface area contributed by atoms with Crippen LogP contribution in [0.2, 0.25) is 0 Å². The molecular weight excluding hydrogens is 344 g/mol. The first-order chi connectivity index (χ1) is 12.6. The van der Waals surface area contributed by atoms with Crippen LogP contribution in [0.1, 0.15) is 44.7 Å². The zero-order chi connectivity index (χ0) is 18.5. The zero-order valence-corrected chi connectivity index (χ0v) is 16.6. The number of aryl methyl sites for hydroxylation is 1. The van der Waals surface area contributed by atoms with Gasteiger partial charge in [0.25, 0.3) is 5.56 Å². The highest BCUT2D eigenvalue weighted by Gasteiger charge is 2.40. The normalized spacial score (nSPS) is 15.1. The van der Waals surface area contributed by atoms with E-state index in [1.165, 1.54) is 5.56 Å². The minimum absolute atomic E-state index is 0.0484. The number of benzene rings is 1. The van der Waals surface area contributed by atoms with Crippen molar-refractivity contribution in [3.63, 3.8) is 0 Å². The standard InChI is InChI=1S/C20H24N4OS/c1-5-20(6-2)12-13-10-8-9-11-14(13)16-15(20)17(25)24-18(21-16)23(4)22-19(24)26-7-3/h8-11H,5-7,12H2,1-4H3. The summed E-state index contributed by atoms with van der Waals surface area (Å²) in [6.07, 6.45) is 2.73. The monoisotopic (exact) mass is 368 g/mol. The van der Waals surface area contributed by atoms with Crippen LogP contribution in [0, 0.1) is 0 Å². The fourth-order valence-corrected chi connectivity index (χ4v) is 4.96. The molecule has 3 aromatic rings. The van der Waals surface area contributed by atoms with Gasteiger partial charge in [0.2, 0.25) is 5.78 Å². The van der Waals surface area contributed by atoms with Crippen LogP contribution >= 0.6 is 11.8 Å². The molecule has 1 aliphatic carbocycles. The van der Waals surface area contributed by atoms with Crippen LogP contribution in [0.15, 0.2) is 34.2 Å². The summed E-state index contributed by atoms with van der Waals surface area (Å²) in [6.45, 7) is 6.43. The maximum atomic E-state index is 13.7. The van der Waals surface area contributed by atoms with Gasteiger partial charge in [-0.25, -0.2) is 14.1 Å². The summed E-state index contributed by atoms with van der Waals surface area (Å²) in [5.41, 5.74) is 3.96. The van der Waals surface area contributed by atoms with Gasteiger partial charge in [0.1, 0.15) is 0 Å². The number of rotatable bonds is 4. The highest BCUT2D eigenvalue weighted by atomic mass is 32.2. The number of aromatic nitrogens is 4. The summed E-state index contributed by atoms with van der Waals surface area (Å²) in [6, 6.07) is 8.36. The van der Waals surface area contributed by atoms with Gasteiger partial charge in [-0.15, -0.1) is 5.10 Å². The molecular formula is C20H24N4OS. The maximum Gasteiger partial charge on any atom is 0.265 e. The minimum atomic E-state index is -0.168. The largest absolute Gasteiger partial charge is 0.268 e. The molecule has 0 unspecified atom stereocenters. The van der Waals surface area contributed by atoms with E-state index >= 15 is 0 Å². The molecule has 2 heterocycles. The maximum absolute atomic E-state index is 13.7. The molecule has 0 radical (unpaired) electrons. The van der Waals surface area contributed by atoms with E-state index in [0.717, 1.165) is 47.0 Å². The molecule has 5 nitrogen and oxygen atoms in total. The van der Waals surface area contributed by atoms with Crippen molar-refractivity contribution in [2.24, 2.45) is 7.05 Å². The van der Waals surface area contributed by atoms with Gasteiger partial charge in [-0.1, -0.05) is 56.8 Å². The molecule has 0 atom stereocenters. The van der Waals surface area contributed by atoms with E-state index in [-0.39, 0.29) is 11.0 Å². The third-order valence-electron chi connectivity index (χ3n) is 5.74. The summed E-state index contributed by atoms with van der Waals surface area (Å²) in [4.78, 5) is 18.6. The molecule has 4 rings (SSSR count). The minimum Gasteiger partial charge on any atom is -0.268 e. The molecule has 0 spiro atoms. The fraction of sp³-hybridized carbons (Fsp3) is 0.450. The Labute approximate surface area is 157 Å². The second kappa shape index (κ2) is 6.27. The molecule has 0 saturated carbocycles. The average molecular weight is 369 g/mol. The topological polar surface area (TPSA) is 52.2 Å². The number of nitrogens with zero attached hydrogens (tertiary/aromatic N) is 4. The first-order valence-corrected chi connectivity index (χ1v) is 10.3. The average Bonchev–Trinajstić information content (AvgIpc) is 2.97. The molecule has 0 saturated heterocycles. The van der Waals surface area contributed by atoms with Crippen molar-refractivity contribution in [1.29, 1.82) is 0 Å². The van der Waals surface area contributed by atoms with Crippen molar-refractivity contribution < 1.29 is 0 Å². The highest BCUT2D eigenvalue weighted by Crippen LogP contribution is 2.44. The van der Waals surface area contributed by atoms with E-state index in [4.69, 9.17) is 4.98 Å². The van der Waals surface area contributed by atoms with Gasteiger partial charge in [0.05, 0.1) is 11.3 Å². The Bertz CT molecular complexity index is 1050. The van der Waals surface area contributed by atoms with Crippen LogP contribution < -0.4 is 5.56 Å². The van der Waals surface area contributed by atoms with Gasteiger partial charge in [0, 0.05) is 18.0 Å². The Hall–Kier alpha value is -2.08. The van der Waals surface area contributed by atoms with E-state index in [9.17, 15) is 4.79 Å². The van der Waals surface area contributed by atoms with Crippen molar-refractivity contribution in [2.45, 2.75) is 50.6 Å². The van der Waals surface area contributed by atoms with Crippen LogP contribution in [0.4, 0.5) is 0 Å². The van der Waals surface area contributed by atoms with Crippen molar-refractivity contribution in [1.82, 2.24) is 19.2 Å². The molecule has 0 aliphatic heterocycles. The lowest BCUT2D eigenvalue weighted by Gasteiger charge is -2.37. The second-order valence-corrected chi connectivity index (χ2v) is 8.17. The molecule has 0 bridgehead atoms. The Morgan fingerprint density at radius 3 is 2.62 bits per heavy atom. The summed E-state index contributed by atoms with van der Waals surface area (Å²) in [5, 5.41) is 5.27. The number of hydrogen-bond donors (Lipinski definition) is 0. The van der Waals surface area contributed by atoms with Gasteiger partial charge in [0.15, 0.2) is 5.16 Å². The van der Waals surface area contributed by atoms with Crippen molar-refractivity contribution >= 4 is 17.5 Å². The number of hydrogen-bond acceptors (Lipinski definition) is 4. The first-order valence-electron chi connectivity index (χ1n) is 9.27. The summed E-state index contributed by atoms with van der Waals surface area (Å²) in [5.74, 6) is 1.48. The third-order valence-corrected chi connectivity index (χ3v) is 6.55. The molecule has 0 fully saturated rings. The molecule has 2 aromatic heterocycles. The van der Waals surface area contributed by atoms with E-state index in [1.54, 1.807) is 20.8 Å². The molecule has 26 heavy (non-hydrogen) atoms. The first kappa shape index (κ1) is 17.3. The SMILES string of the molecule is CCSc1nn(C)c2nc3c(c(=O)n12)C(CC)(CC)Cc1ccccc1-3. The molecule has 0 N–H and O–H groups in total. The highest BCUT2D eigenvalue weighted by molar-refractivity contribution is 7.99. The van der Waals surface area contributed by atoms with Gasteiger partial charge >= 0.3 is 0 Å². The van der Waals surface area contributed by atoms with Gasteiger partial charge in [-0.05, 0) is 30.6 Å². The quantitative estimate of drug-likeness (QED) is 0.657. The summed E-state index contributed by atoms with van der Waals surface area (Å²) >= 11 is 1.58. The van der Waals surface area contributed by atoms with Gasteiger partial charge in [-0.2, -0.15) is 0 Å². The van der Waals surface area contributed by atoms with Crippen molar-refractivity contribution in [3.05, 3.63) is 45.7 Å². The Morgan fingerprint density at radius 2 is 1.92 bits per heavy atom. The molecule has 0 amide bonds. The number of thioether (sulfide) groups is 1. The van der Waals surface area contributed by atoms with Crippen LogP contribution in [-0.4, -0.2) is 24.9 Å². The molecule has 1 aromatic carbocycles. The second-order valence-electron chi connectivity index (χ2n) is 6.94. The Kier molecular flexibility index (Phi) is 4.18. The third kappa shape index (κ3) is 2.28. The van der Waals surface area contributed by atoms with Crippen LogP contribution in [0.3, 0.4) is 0 Å². The van der Waals surface area contributed by atoms with Crippen LogP contribution in [-0.2, 0) is 18.9 Å². The molecule has 136 valence electrons. The van der Waals surface area contributed by atoms with E-state index in [2.05, 4.69) is 44.1 Å². The predicted molar refractivity (Wildman–Crippen MR) is 106 cm³/mol. The number of fused-ring (bicyclic) bond motifs is 4. The lowest BCUT2D eigenvalue weighted by atomic mass is 9.66. The lowest BCUT2D eigenvalue weighted by Crippen LogP contribution is -2.39. The van der Waals surface area contributed by atoms with E-state index < -0.39 is 0 Å². The lowest BCUT2D eigenvalue weighted by molar-refractivity contribution is 0.382. The zero-order valence-electron chi connectivity index (χ0n) is 15.7. The van der Waals surface area contributed by atoms with Crippen molar-refractivity contribution in [3.8, 4) is 11.3 Å². The van der Waals surface area contributed by atoms with Gasteiger partial charge < -0.3 is 0 Å². The van der Waals surface area contributed by atoms with E-state index in [1.807, 2.05) is 13.1 Å². The Morgan fingerprint density at radius 1 is 1.19 bits per heavy atom. The summed E-state index contributed by atoms with van der Waals surface area (Å²) in [7, 11) is 1.86. The van der Waals surface area contributed by atoms with Crippen LogP contribution in [0.5, 0.6) is 0 Å². The fourth-order valence-electron chi connectivity index (χ4n) is 4.22. The van der Waals surface area contributed by atoms with Gasteiger partial charge in [-0.3, -0.25) is 4.79 Å². The van der Waals surface area contributed by atoms with E-state index in [0.29, 0.717) is 5.78 Å². The Balaban J connectivity index is 2.16. The van der Waals surface area contributed by atoms with Crippen molar-refractivity contribution in [2.75, 3.05) is 5.75 Å². The smallest absolute Gasteiger partial charge is 0.265 e. The molecule has 1 aliphatic rings. The van der Waals surface area contributed by atoms with Crippen LogP contribution in [0.25, 0.3) is 17.0 Å². The predicted octanol–water partition coefficient (Wildman–Crippen LogP) is 3.82. The summed E-state index contributed by atoms with van der Waals surface area (Å²) < 4.78 is 3.43. The molecule has 6 heteroatoms.